The van der Waals surface area contributed by atoms with E-state index in [1.807, 2.05) is 0 Å². The largest absolute Gasteiger partial charge is 0.359 e. The molecule has 1 saturated carbocycles. The third-order valence-corrected chi connectivity index (χ3v) is 3.80. The number of hydrogen-bond donors (Lipinski definition) is 2. The van der Waals surface area contributed by atoms with Crippen LogP contribution in [0.2, 0.25) is 0 Å². The molecule has 0 aliphatic heterocycles. The lowest BCUT2D eigenvalue weighted by Gasteiger charge is -2.29. The summed E-state index contributed by atoms with van der Waals surface area (Å²) in [6, 6.07) is 0.634. The Morgan fingerprint density at radius 3 is 2.44 bits per heavy atom. The molecule has 0 saturated heterocycles. The second kappa shape index (κ2) is 6.89. The number of carbonyl (C=O) groups is 1. The molecule has 0 bridgehead atoms. The van der Waals surface area contributed by atoms with Gasteiger partial charge in [-0.3, -0.25) is 4.79 Å². The summed E-state index contributed by atoms with van der Waals surface area (Å²) in [7, 11) is 1.73. The molecule has 0 aromatic heterocycles. The number of rotatable bonds is 5. The summed E-state index contributed by atoms with van der Waals surface area (Å²) in [5.74, 6) is 1.24. The highest BCUT2D eigenvalue weighted by Crippen LogP contribution is 2.24. The minimum absolute atomic E-state index is 0.223. The quantitative estimate of drug-likeness (QED) is 0.752. The fourth-order valence-electron chi connectivity index (χ4n) is 2.28. The van der Waals surface area contributed by atoms with Gasteiger partial charge in [0.15, 0.2) is 0 Å². The second-order valence-corrected chi connectivity index (χ2v) is 5.08. The molecule has 0 heterocycles. The minimum Gasteiger partial charge on any atom is -0.359 e. The smallest absolute Gasteiger partial charge is 0.222 e. The molecule has 1 aliphatic rings. The number of carbonyl (C=O) groups excluding carboxylic acids is 1. The van der Waals surface area contributed by atoms with Gasteiger partial charge in [0.25, 0.3) is 0 Å². The molecule has 16 heavy (non-hydrogen) atoms. The van der Waals surface area contributed by atoms with Crippen molar-refractivity contribution in [1.29, 1.82) is 0 Å². The van der Waals surface area contributed by atoms with Gasteiger partial charge in [0.05, 0.1) is 0 Å². The normalized spacial score (nSPS) is 27.4. The molecule has 1 atom stereocenters. The first-order valence-electron chi connectivity index (χ1n) is 6.62. The van der Waals surface area contributed by atoms with Crippen LogP contribution in [-0.2, 0) is 4.79 Å². The molecular formula is C13H26N2O. The van der Waals surface area contributed by atoms with E-state index in [0.717, 1.165) is 38.1 Å². The molecule has 94 valence electrons. The van der Waals surface area contributed by atoms with Crippen LogP contribution in [0.4, 0.5) is 0 Å². The van der Waals surface area contributed by atoms with Gasteiger partial charge in [0.1, 0.15) is 0 Å². The Labute approximate surface area is 99.4 Å². The molecule has 0 spiro atoms. The molecule has 3 nitrogen and oxygen atoms in total. The van der Waals surface area contributed by atoms with Gasteiger partial charge in [0.2, 0.25) is 5.91 Å². The van der Waals surface area contributed by atoms with Crippen molar-refractivity contribution in [2.45, 2.75) is 52.0 Å². The van der Waals surface area contributed by atoms with Crippen molar-refractivity contribution < 1.29 is 4.79 Å². The number of hydrogen-bond acceptors (Lipinski definition) is 2. The van der Waals surface area contributed by atoms with Crippen LogP contribution in [0.5, 0.6) is 0 Å². The Morgan fingerprint density at radius 2 is 1.94 bits per heavy atom. The number of nitrogens with one attached hydrogen (secondary N) is 2. The summed E-state index contributed by atoms with van der Waals surface area (Å²) < 4.78 is 0. The van der Waals surface area contributed by atoms with Crippen LogP contribution in [0, 0.1) is 11.8 Å². The van der Waals surface area contributed by atoms with Gasteiger partial charge in [-0.25, -0.2) is 0 Å². The highest BCUT2D eigenvalue weighted by atomic mass is 16.1. The third kappa shape index (κ3) is 4.12. The van der Waals surface area contributed by atoms with E-state index < -0.39 is 0 Å². The molecule has 0 aromatic rings. The molecular weight excluding hydrogens is 200 g/mol. The lowest BCUT2D eigenvalue weighted by Crippen LogP contribution is -2.39. The first kappa shape index (κ1) is 13.5. The van der Waals surface area contributed by atoms with Gasteiger partial charge >= 0.3 is 0 Å². The van der Waals surface area contributed by atoms with Gasteiger partial charge in [-0.1, -0.05) is 20.3 Å². The Hall–Kier alpha value is -0.570. The van der Waals surface area contributed by atoms with Crippen molar-refractivity contribution in [2.24, 2.45) is 11.8 Å². The fourth-order valence-corrected chi connectivity index (χ4v) is 2.28. The van der Waals surface area contributed by atoms with Crippen LogP contribution in [0.15, 0.2) is 0 Å². The minimum atomic E-state index is 0.223. The highest BCUT2D eigenvalue weighted by Gasteiger charge is 2.25. The van der Waals surface area contributed by atoms with E-state index in [1.165, 1.54) is 6.42 Å². The van der Waals surface area contributed by atoms with E-state index in [0.29, 0.717) is 6.04 Å². The second-order valence-electron chi connectivity index (χ2n) is 5.08. The summed E-state index contributed by atoms with van der Waals surface area (Å²) in [5.41, 5.74) is 0. The van der Waals surface area contributed by atoms with Gasteiger partial charge in [-0.2, -0.15) is 0 Å². The van der Waals surface area contributed by atoms with Gasteiger partial charge < -0.3 is 10.6 Å². The van der Waals surface area contributed by atoms with Crippen molar-refractivity contribution in [1.82, 2.24) is 10.6 Å². The topological polar surface area (TPSA) is 41.1 Å². The van der Waals surface area contributed by atoms with Crippen LogP contribution in [0.1, 0.15) is 46.0 Å². The summed E-state index contributed by atoms with van der Waals surface area (Å²) in [4.78, 5) is 11.5. The lowest BCUT2D eigenvalue weighted by molar-refractivity contribution is -0.125. The first-order chi connectivity index (χ1) is 7.67. The van der Waals surface area contributed by atoms with Crippen molar-refractivity contribution in [3.8, 4) is 0 Å². The molecule has 0 aromatic carbocycles. The van der Waals surface area contributed by atoms with E-state index in [2.05, 4.69) is 24.5 Å². The Kier molecular flexibility index (Phi) is 5.81. The summed E-state index contributed by atoms with van der Waals surface area (Å²) in [5, 5.41) is 6.37. The molecule has 1 fully saturated rings. The van der Waals surface area contributed by atoms with Gasteiger partial charge in [-0.15, -0.1) is 0 Å². The van der Waals surface area contributed by atoms with Crippen molar-refractivity contribution in [2.75, 3.05) is 13.6 Å². The van der Waals surface area contributed by atoms with Crippen LogP contribution in [0.25, 0.3) is 0 Å². The molecule has 1 unspecified atom stereocenters. The Balaban J connectivity index is 2.19. The predicted molar refractivity (Wildman–Crippen MR) is 67.3 cm³/mol. The van der Waals surface area contributed by atoms with E-state index >= 15 is 0 Å². The molecule has 0 radical (unpaired) electrons. The monoisotopic (exact) mass is 226 g/mol. The maximum atomic E-state index is 11.5. The highest BCUT2D eigenvalue weighted by molar-refractivity contribution is 5.78. The van der Waals surface area contributed by atoms with Crippen LogP contribution in [-0.4, -0.2) is 25.5 Å². The zero-order chi connectivity index (χ0) is 12.0. The van der Waals surface area contributed by atoms with E-state index in [4.69, 9.17) is 0 Å². The molecule has 3 heteroatoms. The standard InChI is InChI=1S/C13H26N2O/c1-4-10(2)9-15-12-7-5-11(6-8-12)13(16)14-3/h10-12,15H,4-9H2,1-3H3,(H,14,16). The number of amides is 1. The summed E-state index contributed by atoms with van der Waals surface area (Å²) in [6.07, 6.45) is 5.61. The fraction of sp³-hybridized carbons (Fsp3) is 0.923. The maximum Gasteiger partial charge on any atom is 0.222 e. The Bertz CT molecular complexity index is 210. The van der Waals surface area contributed by atoms with Crippen molar-refractivity contribution in [3.05, 3.63) is 0 Å². The average molecular weight is 226 g/mol. The van der Waals surface area contributed by atoms with Gasteiger partial charge in [0, 0.05) is 19.0 Å². The zero-order valence-electron chi connectivity index (χ0n) is 10.9. The third-order valence-electron chi connectivity index (χ3n) is 3.80. The molecule has 1 amide bonds. The average Bonchev–Trinajstić information content (AvgIpc) is 2.35. The zero-order valence-corrected chi connectivity index (χ0v) is 10.9. The summed E-state index contributed by atoms with van der Waals surface area (Å²) in [6.45, 7) is 5.63. The van der Waals surface area contributed by atoms with Crippen molar-refractivity contribution in [3.63, 3.8) is 0 Å². The van der Waals surface area contributed by atoms with E-state index in [-0.39, 0.29) is 11.8 Å². The molecule has 1 aliphatic carbocycles. The maximum absolute atomic E-state index is 11.5. The van der Waals surface area contributed by atoms with Gasteiger partial charge in [-0.05, 0) is 38.1 Å². The van der Waals surface area contributed by atoms with E-state index in [9.17, 15) is 4.79 Å². The van der Waals surface area contributed by atoms with Crippen molar-refractivity contribution >= 4 is 5.91 Å². The molecule has 2 N–H and O–H groups in total. The lowest BCUT2D eigenvalue weighted by atomic mass is 9.85. The molecule has 1 rings (SSSR count). The predicted octanol–water partition coefficient (Wildman–Crippen LogP) is 1.93. The SMILES string of the molecule is CCC(C)CNC1CCC(C(=O)NC)CC1. The Morgan fingerprint density at radius 1 is 1.31 bits per heavy atom. The van der Waals surface area contributed by atoms with Crippen LogP contribution < -0.4 is 10.6 Å². The van der Waals surface area contributed by atoms with E-state index in [1.54, 1.807) is 7.05 Å². The van der Waals surface area contributed by atoms with Crippen LogP contribution in [0.3, 0.4) is 0 Å². The first-order valence-corrected chi connectivity index (χ1v) is 6.62. The van der Waals surface area contributed by atoms with Crippen LogP contribution >= 0.6 is 0 Å². The summed E-state index contributed by atoms with van der Waals surface area (Å²) >= 11 is 0.